The van der Waals surface area contributed by atoms with E-state index in [4.69, 9.17) is 19.3 Å². The summed E-state index contributed by atoms with van der Waals surface area (Å²) < 4.78 is 16.6. The van der Waals surface area contributed by atoms with E-state index in [2.05, 4.69) is 0 Å². The molecular formula is C14H15NO3. The first kappa shape index (κ1) is 11.2. The van der Waals surface area contributed by atoms with Crippen LogP contribution in [0.2, 0.25) is 0 Å². The van der Waals surface area contributed by atoms with E-state index in [-0.39, 0.29) is 0 Å². The second-order valence-corrected chi connectivity index (χ2v) is 4.96. The minimum atomic E-state index is -0.523. The van der Waals surface area contributed by atoms with Crippen molar-refractivity contribution in [1.29, 1.82) is 0 Å². The van der Waals surface area contributed by atoms with Gasteiger partial charge in [-0.3, -0.25) is 0 Å². The highest BCUT2D eigenvalue weighted by Crippen LogP contribution is 2.42. The fourth-order valence-electron chi connectivity index (χ4n) is 2.45. The molecule has 0 atom stereocenters. The maximum atomic E-state index is 6.26. The number of fused-ring (bicyclic) bond motifs is 2. The molecule has 2 N–H and O–H groups in total. The molecule has 2 heterocycles. The Kier molecular flexibility index (Phi) is 2.19. The van der Waals surface area contributed by atoms with Crippen LogP contribution >= 0.6 is 0 Å². The van der Waals surface area contributed by atoms with Crippen molar-refractivity contribution in [1.82, 2.24) is 0 Å². The number of ether oxygens (including phenoxy) is 1. The first-order chi connectivity index (χ1) is 8.54. The lowest BCUT2D eigenvalue weighted by Gasteiger charge is -2.21. The maximum Gasteiger partial charge on any atom is 0.176 e. The van der Waals surface area contributed by atoms with E-state index in [9.17, 15) is 0 Å². The molecule has 2 aromatic heterocycles. The van der Waals surface area contributed by atoms with Gasteiger partial charge in [0.1, 0.15) is 5.58 Å². The molecule has 0 unspecified atom stereocenters. The molecule has 0 saturated heterocycles. The van der Waals surface area contributed by atoms with Crippen LogP contribution in [0.5, 0.6) is 5.75 Å². The van der Waals surface area contributed by atoms with Gasteiger partial charge in [-0.05, 0) is 26.0 Å². The predicted molar refractivity (Wildman–Crippen MR) is 69.8 cm³/mol. The number of furan rings is 2. The summed E-state index contributed by atoms with van der Waals surface area (Å²) in [5.41, 5.74) is 8.14. The summed E-state index contributed by atoms with van der Waals surface area (Å²) >= 11 is 0. The molecule has 0 fully saturated rings. The lowest BCUT2D eigenvalue weighted by atomic mass is 9.90. The van der Waals surface area contributed by atoms with Gasteiger partial charge >= 0.3 is 0 Å². The standard InChI is InChI=1S/C14H15NO3/c1-14(2,15)10-8-4-6-18-13(8)12(16-3)9-5-7-17-11(9)10/h4-7H,15H2,1-3H3. The van der Waals surface area contributed by atoms with Crippen molar-refractivity contribution in [3.8, 4) is 5.75 Å². The van der Waals surface area contributed by atoms with E-state index in [1.54, 1.807) is 19.6 Å². The highest BCUT2D eigenvalue weighted by Gasteiger charge is 2.27. The van der Waals surface area contributed by atoms with Crippen molar-refractivity contribution in [2.45, 2.75) is 19.4 Å². The van der Waals surface area contributed by atoms with Crippen molar-refractivity contribution in [2.24, 2.45) is 5.73 Å². The lowest BCUT2D eigenvalue weighted by Crippen LogP contribution is -2.29. The van der Waals surface area contributed by atoms with Gasteiger partial charge in [-0.15, -0.1) is 0 Å². The average molecular weight is 245 g/mol. The van der Waals surface area contributed by atoms with Crippen molar-refractivity contribution < 1.29 is 13.6 Å². The molecule has 3 rings (SSSR count). The zero-order valence-electron chi connectivity index (χ0n) is 10.6. The third kappa shape index (κ3) is 1.36. The van der Waals surface area contributed by atoms with Crippen LogP contribution in [0.4, 0.5) is 0 Å². The van der Waals surface area contributed by atoms with Crippen molar-refractivity contribution in [3.05, 3.63) is 30.2 Å². The van der Waals surface area contributed by atoms with E-state index in [0.717, 1.165) is 21.9 Å². The molecule has 0 saturated carbocycles. The van der Waals surface area contributed by atoms with Gasteiger partial charge in [-0.2, -0.15) is 0 Å². The van der Waals surface area contributed by atoms with Gasteiger partial charge in [-0.1, -0.05) is 0 Å². The topological polar surface area (TPSA) is 61.5 Å². The average Bonchev–Trinajstić information content (AvgIpc) is 2.90. The normalized spacial score (nSPS) is 12.4. The fourth-order valence-corrected chi connectivity index (χ4v) is 2.45. The molecule has 3 aromatic rings. The Morgan fingerprint density at radius 3 is 2.28 bits per heavy atom. The zero-order valence-corrected chi connectivity index (χ0v) is 10.6. The smallest absolute Gasteiger partial charge is 0.176 e. The third-order valence-corrected chi connectivity index (χ3v) is 3.13. The van der Waals surface area contributed by atoms with E-state index in [0.29, 0.717) is 11.3 Å². The number of methoxy groups -OCH3 is 1. The largest absolute Gasteiger partial charge is 0.492 e. The number of hydrogen-bond donors (Lipinski definition) is 1. The Balaban J connectivity index is 2.59. The van der Waals surface area contributed by atoms with E-state index < -0.39 is 5.54 Å². The minimum Gasteiger partial charge on any atom is -0.492 e. The molecule has 0 bridgehead atoms. The van der Waals surface area contributed by atoms with Gasteiger partial charge < -0.3 is 19.3 Å². The van der Waals surface area contributed by atoms with Crippen molar-refractivity contribution >= 4 is 21.9 Å². The first-order valence-corrected chi connectivity index (χ1v) is 5.77. The first-order valence-electron chi connectivity index (χ1n) is 5.77. The monoisotopic (exact) mass is 245 g/mol. The number of nitrogens with two attached hydrogens (primary N) is 1. The maximum absolute atomic E-state index is 6.26. The molecule has 4 nitrogen and oxygen atoms in total. The second-order valence-electron chi connectivity index (χ2n) is 4.96. The summed E-state index contributed by atoms with van der Waals surface area (Å²) in [6, 6.07) is 3.76. The summed E-state index contributed by atoms with van der Waals surface area (Å²) in [5.74, 6) is 0.687. The molecule has 0 spiro atoms. The lowest BCUT2D eigenvalue weighted by molar-refractivity contribution is 0.414. The number of hydrogen-bond acceptors (Lipinski definition) is 4. The van der Waals surface area contributed by atoms with Crippen LogP contribution in [-0.2, 0) is 5.54 Å². The molecule has 4 heteroatoms. The quantitative estimate of drug-likeness (QED) is 0.751. The molecule has 94 valence electrons. The third-order valence-electron chi connectivity index (χ3n) is 3.13. The summed E-state index contributed by atoms with van der Waals surface area (Å²) in [7, 11) is 1.62. The van der Waals surface area contributed by atoms with Crippen LogP contribution in [0, 0.1) is 0 Å². The van der Waals surface area contributed by atoms with E-state index >= 15 is 0 Å². The Bertz CT molecular complexity index is 664. The van der Waals surface area contributed by atoms with Gasteiger partial charge in [0.2, 0.25) is 0 Å². The molecule has 0 aliphatic heterocycles. The van der Waals surface area contributed by atoms with E-state index in [1.165, 1.54) is 0 Å². The Labute approximate surface area is 104 Å². The van der Waals surface area contributed by atoms with Crippen LogP contribution in [-0.4, -0.2) is 7.11 Å². The number of benzene rings is 1. The summed E-state index contributed by atoms with van der Waals surface area (Å²) in [6.07, 6.45) is 3.28. The fraction of sp³-hybridized carbons (Fsp3) is 0.286. The van der Waals surface area contributed by atoms with Gasteiger partial charge in [0.05, 0.1) is 25.0 Å². The van der Waals surface area contributed by atoms with Crippen LogP contribution in [0.15, 0.2) is 33.5 Å². The van der Waals surface area contributed by atoms with Gasteiger partial charge in [0.15, 0.2) is 11.3 Å². The van der Waals surface area contributed by atoms with Gasteiger partial charge in [-0.25, -0.2) is 0 Å². The molecule has 0 amide bonds. The Hall–Kier alpha value is -1.94. The van der Waals surface area contributed by atoms with Crippen molar-refractivity contribution in [3.63, 3.8) is 0 Å². The molecule has 0 aliphatic rings. The molecule has 18 heavy (non-hydrogen) atoms. The number of rotatable bonds is 2. The summed E-state index contributed by atoms with van der Waals surface area (Å²) in [6.45, 7) is 3.90. The molecule has 0 radical (unpaired) electrons. The minimum absolute atomic E-state index is 0.523. The Morgan fingerprint density at radius 1 is 1.06 bits per heavy atom. The van der Waals surface area contributed by atoms with E-state index in [1.807, 2.05) is 26.0 Å². The van der Waals surface area contributed by atoms with Crippen LogP contribution in [0.3, 0.4) is 0 Å². The zero-order chi connectivity index (χ0) is 12.9. The highest BCUT2D eigenvalue weighted by atomic mass is 16.5. The van der Waals surface area contributed by atoms with Crippen LogP contribution in [0.1, 0.15) is 19.4 Å². The van der Waals surface area contributed by atoms with Crippen LogP contribution < -0.4 is 10.5 Å². The summed E-state index contributed by atoms with van der Waals surface area (Å²) in [5, 5.41) is 1.82. The molecular weight excluding hydrogens is 230 g/mol. The van der Waals surface area contributed by atoms with Crippen LogP contribution in [0.25, 0.3) is 21.9 Å². The molecule has 1 aromatic carbocycles. The van der Waals surface area contributed by atoms with Gasteiger partial charge in [0, 0.05) is 16.5 Å². The summed E-state index contributed by atoms with van der Waals surface area (Å²) in [4.78, 5) is 0. The van der Waals surface area contributed by atoms with Crippen molar-refractivity contribution in [2.75, 3.05) is 7.11 Å². The molecule has 0 aliphatic carbocycles. The SMILES string of the molecule is COc1c2ccoc2c(C(C)(C)N)c2ccoc12. The Morgan fingerprint density at radius 2 is 1.67 bits per heavy atom. The van der Waals surface area contributed by atoms with Gasteiger partial charge in [0.25, 0.3) is 0 Å². The predicted octanol–water partition coefficient (Wildman–Crippen LogP) is 3.38. The second kappa shape index (κ2) is 3.53. The highest BCUT2D eigenvalue weighted by molar-refractivity contribution is 6.04.